The summed E-state index contributed by atoms with van der Waals surface area (Å²) in [6.45, 7) is 7.73. The van der Waals surface area contributed by atoms with Gasteiger partial charge in [-0.05, 0) is 69.2 Å². The molecule has 1 aliphatic rings. The Morgan fingerprint density at radius 1 is 1.30 bits per heavy atom. The minimum Gasteiger partial charge on any atom is -0.496 e. The smallest absolute Gasteiger partial charge is 0.122 e. The highest BCUT2D eigenvalue weighted by molar-refractivity contribution is 6.30. The topological polar surface area (TPSA) is 21.3 Å². The molecular weight excluding hydrogens is 270 g/mol. The molecule has 1 saturated carbocycles. The van der Waals surface area contributed by atoms with Gasteiger partial charge < -0.3 is 10.1 Å². The normalized spacial score (nSPS) is 17.6. The van der Waals surface area contributed by atoms with E-state index in [1.54, 1.807) is 7.11 Å². The van der Waals surface area contributed by atoms with Crippen molar-refractivity contribution in [3.63, 3.8) is 0 Å². The second kappa shape index (κ2) is 5.95. The first kappa shape index (κ1) is 15.7. The van der Waals surface area contributed by atoms with Crippen LogP contribution in [0.3, 0.4) is 0 Å². The summed E-state index contributed by atoms with van der Waals surface area (Å²) in [5.74, 6) is 0.955. The molecule has 0 aliphatic heterocycles. The van der Waals surface area contributed by atoms with Crippen molar-refractivity contribution >= 4 is 11.6 Å². The summed E-state index contributed by atoms with van der Waals surface area (Å²) in [6, 6.07) is 5.92. The second-order valence-electron chi connectivity index (χ2n) is 7.09. The van der Waals surface area contributed by atoms with E-state index in [0.717, 1.165) is 23.7 Å². The molecule has 0 spiro atoms. The van der Waals surface area contributed by atoms with Crippen molar-refractivity contribution < 1.29 is 4.74 Å². The Labute approximate surface area is 127 Å². The lowest BCUT2D eigenvalue weighted by atomic mass is 9.65. The summed E-state index contributed by atoms with van der Waals surface area (Å²) in [4.78, 5) is 0. The lowest BCUT2D eigenvalue weighted by Gasteiger charge is -2.44. The molecule has 1 fully saturated rings. The summed E-state index contributed by atoms with van der Waals surface area (Å²) < 4.78 is 5.48. The predicted molar refractivity (Wildman–Crippen MR) is 85.7 cm³/mol. The highest BCUT2D eigenvalue weighted by Crippen LogP contribution is 2.45. The number of hydrogen-bond donors (Lipinski definition) is 1. The number of ether oxygens (including phenoxy) is 1. The van der Waals surface area contributed by atoms with E-state index in [1.165, 1.54) is 24.8 Å². The quantitative estimate of drug-likeness (QED) is 0.866. The van der Waals surface area contributed by atoms with Crippen LogP contribution in [-0.4, -0.2) is 19.2 Å². The van der Waals surface area contributed by atoms with Gasteiger partial charge in [0, 0.05) is 17.1 Å². The Morgan fingerprint density at radius 2 is 2.00 bits per heavy atom. The number of halogens is 1. The molecule has 0 atom stereocenters. The molecule has 1 aromatic carbocycles. The molecule has 0 aromatic heterocycles. The summed E-state index contributed by atoms with van der Waals surface area (Å²) in [6.07, 6.45) is 4.94. The molecule has 3 heteroatoms. The number of rotatable bonds is 5. The highest BCUT2D eigenvalue weighted by Gasteiger charge is 2.38. The summed E-state index contributed by atoms with van der Waals surface area (Å²) in [7, 11) is 1.73. The summed E-state index contributed by atoms with van der Waals surface area (Å²) >= 11 is 6.14. The van der Waals surface area contributed by atoms with Crippen LogP contribution >= 0.6 is 11.6 Å². The van der Waals surface area contributed by atoms with Crippen LogP contribution in [0.4, 0.5) is 0 Å². The standard InChI is InChI=1S/C17H26ClNO/c1-16(2,3)19-12-17(8-5-9-17)11-13-10-14(18)6-7-15(13)20-4/h6-7,10,19H,5,8-9,11-12H2,1-4H3. The van der Waals surface area contributed by atoms with Crippen LogP contribution in [0, 0.1) is 5.41 Å². The molecule has 2 rings (SSSR count). The van der Waals surface area contributed by atoms with E-state index in [4.69, 9.17) is 16.3 Å². The minimum absolute atomic E-state index is 0.168. The van der Waals surface area contributed by atoms with Crippen LogP contribution in [0.1, 0.15) is 45.6 Å². The van der Waals surface area contributed by atoms with Crippen molar-refractivity contribution in [2.45, 2.75) is 52.0 Å². The fourth-order valence-electron chi connectivity index (χ4n) is 2.83. The fraction of sp³-hybridized carbons (Fsp3) is 0.647. The molecule has 1 N–H and O–H groups in total. The molecular formula is C17H26ClNO. The van der Waals surface area contributed by atoms with Crippen LogP contribution in [-0.2, 0) is 6.42 Å². The third kappa shape index (κ3) is 3.89. The van der Waals surface area contributed by atoms with Crippen molar-refractivity contribution in [1.29, 1.82) is 0 Å². The second-order valence-corrected chi connectivity index (χ2v) is 7.53. The Balaban J connectivity index is 2.12. The van der Waals surface area contributed by atoms with Gasteiger partial charge in [0.25, 0.3) is 0 Å². The third-order valence-corrected chi connectivity index (χ3v) is 4.45. The largest absolute Gasteiger partial charge is 0.496 e. The van der Waals surface area contributed by atoms with Gasteiger partial charge in [0.1, 0.15) is 5.75 Å². The predicted octanol–water partition coefficient (Wildman–Crippen LogP) is 4.45. The van der Waals surface area contributed by atoms with Gasteiger partial charge in [-0.15, -0.1) is 0 Å². The van der Waals surface area contributed by atoms with Crippen LogP contribution < -0.4 is 10.1 Å². The Hall–Kier alpha value is -0.730. The SMILES string of the molecule is COc1ccc(Cl)cc1CC1(CNC(C)(C)C)CCC1. The molecule has 0 radical (unpaired) electrons. The van der Waals surface area contributed by atoms with E-state index in [9.17, 15) is 0 Å². The number of benzene rings is 1. The van der Waals surface area contributed by atoms with Gasteiger partial charge in [-0.2, -0.15) is 0 Å². The molecule has 1 aliphatic carbocycles. The molecule has 0 heterocycles. The van der Waals surface area contributed by atoms with Gasteiger partial charge in [0.15, 0.2) is 0 Å². The zero-order chi connectivity index (χ0) is 14.8. The number of methoxy groups -OCH3 is 1. The molecule has 20 heavy (non-hydrogen) atoms. The van der Waals surface area contributed by atoms with Crippen molar-refractivity contribution in [1.82, 2.24) is 5.32 Å². The maximum Gasteiger partial charge on any atom is 0.122 e. The Bertz CT molecular complexity index is 461. The van der Waals surface area contributed by atoms with Gasteiger partial charge in [0.2, 0.25) is 0 Å². The molecule has 2 nitrogen and oxygen atoms in total. The average molecular weight is 296 g/mol. The van der Waals surface area contributed by atoms with E-state index in [2.05, 4.69) is 32.2 Å². The minimum atomic E-state index is 0.168. The third-order valence-electron chi connectivity index (χ3n) is 4.22. The Morgan fingerprint density at radius 3 is 2.50 bits per heavy atom. The lowest BCUT2D eigenvalue weighted by molar-refractivity contribution is 0.117. The van der Waals surface area contributed by atoms with Crippen LogP contribution in [0.5, 0.6) is 5.75 Å². The van der Waals surface area contributed by atoms with E-state index in [0.29, 0.717) is 5.41 Å². The van der Waals surface area contributed by atoms with Gasteiger partial charge in [-0.3, -0.25) is 0 Å². The van der Waals surface area contributed by atoms with Gasteiger partial charge >= 0.3 is 0 Å². The summed E-state index contributed by atoms with van der Waals surface area (Å²) in [5.41, 5.74) is 1.77. The van der Waals surface area contributed by atoms with Gasteiger partial charge in [-0.1, -0.05) is 18.0 Å². The maximum atomic E-state index is 6.14. The average Bonchev–Trinajstić information content (AvgIpc) is 2.31. The maximum absolute atomic E-state index is 6.14. The zero-order valence-corrected chi connectivity index (χ0v) is 13.8. The first-order valence-corrected chi connectivity index (χ1v) is 7.79. The van der Waals surface area contributed by atoms with Crippen molar-refractivity contribution in [3.05, 3.63) is 28.8 Å². The lowest BCUT2D eigenvalue weighted by Crippen LogP contribution is -2.48. The first-order valence-electron chi connectivity index (χ1n) is 7.41. The van der Waals surface area contributed by atoms with E-state index >= 15 is 0 Å². The monoisotopic (exact) mass is 295 g/mol. The zero-order valence-electron chi connectivity index (χ0n) is 13.1. The molecule has 112 valence electrons. The Kier molecular flexibility index (Phi) is 4.66. The fourth-order valence-corrected chi connectivity index (χ4v) is 3.03. The van der Waals surface area contributed by atoms with E-state index in [-0.39, 0.29) is 5.54 Å². The molecule has 0 amide bonds. The molecule has 1 aromatic rings. The van der Waals surface area contributed by atoms with Crippen molar-refractivity contribution in [2.24, 2.45) is 5.41 Å². The van der Waals surface area contributed by atoms with Gasteiger partial charge in [-0.25, -0.2) is 0 Å². The van der Waals surface area contributed by atoms with Crippen LogP contribution in [0.2, 0.25) is 5.02 Å². The summed E-state index contributed by atoms with van der Waals surface area (Å²) in [5, 5.41) is 4.45. The van der Waals surface area contributed by atoms with Crippen molar-refractivity contribution in [3.8, 4) is 5.75 Å². The van der Waals surface area contributed by atoms with E-state index in [1.807, 2.05) is 12.1 Å². The highest BCUT2D eigenvalue weighted by atomic mass is 35.5. The molecule has 0 saturated heterocycles. The van der Waals surface area contributed by atoms with Crippen LogP contribution in [0.15, 0.2) is 18.2 Å². The van der Waals surface area contributed by atoms with Crippen LogP contribution in [0.25, 0.3) is 0 Å². The number of hydrogen-bond acceptors (Lipinski definition) is 2. The van der Waals surface area contributed by atoms with Crippen molar-refractivity contribution in [2.75, 3.05) is 13.7 Å². The number of nitrogens with one attached hydrogen (secondary N) is 1. The molecule has 0 unspecified atom stereocenters. The van der Waals surface area contributed by atoms with Gasteiger partial charge in [0.05, 0.1) is 7.11 Å². The first-order chi connectivity index (χ1) is 9.34. The van der Waals surface area contributed by atoms with E-state index < -0.39 is 0 Å². The molecule has 0 bridgehead atoms.